The first-order valence-corrected chi connectivity index (χ1v) is 20.8. The number of benzene rings is 1. The van der Waals surface area contributed by atoms with E-state index in [-0.39, 0.29) is 0 Å². The van der Waals surface area contributed by atoms with E-state index in [9.17, 15) is 0 Å². The normalized spacial score (nSPS) is 25.2. The van der Waals surface area contributed by atoms with Crippen LogP contribution in [-0.4, -0.2) is 6.54 Å². The van der Waals surface area contributed by atoms with Gasteiger partial charge in [-0.1, -0.05) is 110 Å². The summed E-state index contributed by atoms with van der Waals surface area (Å²) in [5.74, 6) is 2.84. The first-order valence-electron chi connectivity index (χ1n) is 20.8. The SMILES string of the molecule is C=C/C(=C\C=C/CCCCCC)C1=C2CCCCC2C(/C(C)=C/CC(CNc2ccc3c(c2)C=CCC3)C2CCCC3=C2CCCC3)CC1. The number of hydrogen-bond donors (Lipinski definition) is 1. The van der Waals surface area contributed by atoms with Crippen LogP contribution in [0.5, 0.6) is 0 Å². The van der Waals surface area contributed by atoms with Gasteiger partial charge in [0, 0.05) is 12.2 Å². The van der Waals surface area contributed by atoms with Gasteiger partial charge in [0.1, 0.15) is 0 Å². The third kappa shape index (κ3) is 9.31. The summed E-state index contributed by atoms with van der Waals surface area (Å²) >= 11 is 0. The molecule has 5 aliphatic carbocycles. The van der Waals surface area contributed by atoms with Gasteiger partial charge in [-0.2, -0.15) is 0 Å². The maximum Gasteiger partial charge on any atom is 0.0346 e. The van der Waals surface area contributed by atoms with E-state index in [1.807, 2.05) is 11.1 Å². The molecule has 0 amide bonds. The minimum absolute atomic E-state index is 0.662. The predicted molar refractivity (Wildman–Crippen MR) is 215 cm³/mol. The second-order valence-corrected chi connectivity index (χ2v) is 16.1. The summed E-state index contributed by atoms with van der Waals surface area (Å²) < 4.78 is 0. The topological polar surface area (TPSA) is 12.0 Å². The molecule has 1 saturated carbocycles. The second kappa shape index (κ2) is 18.4. The van der Waals surface area contributed by atoms with Crippen LogP contribution >= 0.6 is 0 Å². The number of unbranched alkanes of at least 4 members (excludes halogenated alkanes) is 4. The van der Waals surface area contributed by atoms with Crippen LogP contribution in [0, 0.1) is 23.7 Å². The lowest BCUT2D eigenvalue weighted by atomic mass is 9.65. The molecule has 6 rings (SSSR count). The molecule has 4 unspecified atom stereocenters. The maximum absolute atomic E-state index is 4.29. The Morgan fingerprint density at radius 3 is 2.67 bits per heavy atom. The third-order valence-corrected chi connectivity index (χ3v) is 13.0. The number of nitrogens with one attached hydrogen (secondary N) is 1. The molecule has 1 nitrogen and oxygen atoms in total. The average Bonchev–Trinajstić information content (AvgIpc) is 3.15. The summed E-state index contributed by atoms with van der Waals surface area (Å²) in [5, 5.41) is 3.98. The van der Waals surface area contributed by atoms with Gasteiger partial charge < -0.3 is 5.32 Å². The zero-order chi connectivity index (χ0) is 33.8. The molecule has 0 spiro atoms. The standard InChI is InChI=1S/C48H67N/c1-4-6-7-8-9-10-11-19-37(5-2)46-33-32-43(47-25-16-17-26-48(46)47)36(3)28-29-41(45-27-18-23-39-21-14-15-24-44(39)45)35-49-42-31-30-38-20-12-13-22-40(38)34-42/h5,10-11,13,19,22,28,30-31,34,41,43,45,47,49H,2,4,6-9,12,14-18,20-21,23-27,29,32-33,35H2,1,3H3/b11-10-,36-28+,37-19+. The van der Waals surface area contributed by atoms with E-state index < -0.39 is 0 Å². The van der Waals surface area contributed by atoms with Gasteiger partial charge in [0.2, 0.25) is 0 Å². The maximum atomic E-state index is 4.29. The molecule has 0 heterocycles. The minimum Gasteiger partial charge on any atom is -0.385 e. The van der Waals surface area contributed by atoms with Gasteiger partial charge in [-0.15, -0.1) is 0 Å². The summed E-state index contributed by atoms with van der Waals surface area (Å²) in [6.45, 7) is 10.2. The molecule has 1 aromatic rings. The number of allylic oxidation sites excluding steroid dienone is 12. The Kier molecular flexibility index (Phi) is 13.6. The molecule has 264 valence electrons. The van der Waals surface area contributed by atoms with Crippen molar-refractivity contribution >= 4 is 11.8 Å². The number of aryl methyl sites for hydroxylation is 1. The number of hydrogen-bond acceptors (Lipinski definition) is 1. The van der Waals surface area contributed by atoms with Gasteiger partial charge in [0.05, 0.1) is 0 Å². The zero-order valence-electron chi connectivity index (χ0n) is 31.3. The summed E-state index contributed by atoms with van der Waals surface area (Å²) in [4.78, 5) is 0. The second-order valence-electron chi connectivity index (χ2n) is 16.1. The van der Waals surface area contributed by atoms with Gasteiger partial charge in [-0.05, 0) is 174 Å². The van der Waals surface area contributed by atoms with E-state index >= 15 is 0 Å². The van der Waals surface area contributed by atoms with Crippen molar-refractivity contribution in [2.75, 3.05) is 11.9 Å². The Hall–Kier alpha value is -2.80. The van der Waals surface area contributed by atoms with Gasteiger partial charge in [0.15, 0.2) is 0 Å². The van der Waals surface area contributed by atoms with Crippen molar-refractivity contribution in [2.45, 2.75) is 149 Å². The Morgan fingerprint density at radius 2 is 1.78 bits per heavy atom. The van der Waals surface area contributed by atoms with Crippen LogP contribution in [0.4, 0.5) is 5.69 Å². The minimum atomic E-state index is 0.662. The lowest BCUT2D eigenvalue weighted by Crippen LogP contribution is -2.29. The monoisotopic (exact) mass is 658 g/mol. The fourth-order valence-corrected chi connectivity index (χ4v) is 10.3. The summed E-state index contributed by atoms with van der Waals surface area (Å²) in [5.41, 5.74) is 14.4. The van der Waals surface area contributed by atoms with E-state index in [1.165, 1.54) is 157 Å². The van der Waals surface area contributed by atoms with Crippen LogP contribution < -0.4 is 5.32 Å². The lowest BCUT2D eigenvalue weighted by molar-refractivity contribution is 0.308. The Bertz CT molecular complexity index is 1450. The molecule has 49 heavy (non-hydrogen) atoms. The van der Waals surface area contributed by atoms with Gasteiger partial charge in [0.25, 0.3) is 0 Å². The predicted octanol–water partition coefficient (Wildman–Crippen LogP) is 14.2. The lowest BCUT2D eigenvalue weighted by Gasteiger charge is -2.40. The van der Waals surface area contributed by atoms with Crippen LogP contribution in [0.1, 0.15) is 153 Å². The largest absolute Gasteiger partial charge is 0.385 e. The first-order chi connectivity index (χ1) is 24.2. The van der Waals surface area contributed by atoms with Crippen molar-refractivity contribution in [2.24, 2.45) is 23.7 Å². The van der Waals surface area contributed by atoms with Crippen LogP contribution in [0.25, 0.3) is 6.08 Å². The molecule has 0 saturated heterocycles. The summed E-state index contributed by atoms with van der Waals surface area (Å²) in [6, 6.07) is 7.11. The fourth-order valence-electron chi connectivity index (χ4n) is 10.3. The third-order valence-electron chi connectivity index (χ3n) is 13.0. The Morgan fingerprint density at radius 1 is 0.918 bits per heavy atom. The van der Waals surface area contributed by atoms with Gasteiger partial charge >= 0.3 is 0 Å². The molecule has 1 heteroatoms. The highest BCUT2D eigenvalue weighted by molar-refractivity contribution is 5.62. The summed E-state index contributed by atoms with van der Waals surface area (Å²) in [6.07, 6.45) is 44.3. The fraction of sp³-hybridized carbons (Fsp3) is 0.583. The highest BCUT2D eigenvalue weighted by atomic mass is 14.9. The van der Waals surface area contributed by atoms with E-state index in [4.69, 9.17) is 0 Å². The molecular formula is C48H67N. The smallest absolute Gasteiger partial charge is 0.0346 e. The van der Waals surface area contributed by atoms with Crippen LogP contribution in [0.3, 0.4) is 0 Å². The van der Waals surface area contributed by atoms with Gasteiger partial charge in [-0.25, -0.2) is 0 Å². The molecule has 1 fully saturated rings. The zero-order valence-corrected chi connectivity index (χ0v) is 31.3. The average molecular weight is 658 g/mol. The van der Waals surface area contributed by atoms with E-state index in [0.717, 1.165) is 18.4 Å². The molecule has 0 bridgehead atoms. The van der Waals surface area contributed by atoms with Crippen molar-refractivity contribution in [3.8, 4) is 0 Å². The first kappa shape index (κ1) is 36.0. The summed E-state index contributed by atoms with van der Waals surface area (Å²) in [7, 11) is 0. The van der Waals surface area contributed by atoms with Crippen molar-refractivity contribution < 1.29 is 0 Å². The molecule has 0 aromatic heterocycles. The molecule has 4 atom stereocenters. The van der Waals surface area contributed by atoms with Crippen LogP contribution in [0.15, 0.2) is 94.7 Å². The van der Waals surface area contributed by atoms with Gasteiger partial charge in [-0.3, -0.25) is 0 Å². The van der Waals surface area contributed by atoms with Crippen molar-refractivity contribution in [3.05, 3.63) is 106 Å². The Balaban J connectivity index is 1.18. The highest BCUT2D eigenvalue weighted by Crippen LogP contribution is 2.49. The van der Waals surface area contributed by atoms with Crippen molar-refractivity contribution in [1.82, 2.24) is 0 Å². The van der Waals surface area contributed by atoms with Crippen LogP contribution in [0.2, 0.25) is 0 Å². The van der Waals surface area contributed by atoms with E-state index in [1.54, 1.807) is 16.7 Å². The number of fused-ring (bicyclic) bond motifs is 2. The molecule has 5 aliphatic rings. The number of rotatable bonds is 15. The number of anilines is 1. The van der Waals surface area contributed by atoms with E-state index in [0.29, 0.717) is 11.8 Å². The Labute approximate surface area is 300 Å². The molecule has 1 aromatic carbocycles. The van der Waals surface area contributed by atoms with Crippen molar-refractivity contribution in [1.29, 1.82) is 0 Å². The molecule has 0 radical (unpaired) electrons. The molecule has 1 N–H and O–H groups in total. The van der Waals surface area contributed by atoms with Crippen LogP contribution in [-0.2, 0) is 6.42 Å². The van der Waals surface area contributed by atoms with Crippen molar-refractivity contribution in [3.63, 3.8) is 0 Å². The van der Waals surface area contributed by atoms with E-state index in [2.05, 4.69) is 86.5 Å². The quantitative estimate of drug-likeness (QED) is 0.112. The highest BCUT2D eigenvalue weighted by Gasteiger charge is 2.35. The molecular weight excluding hydrogens is 591 g/mol. The molecule has 0 aliphatic heterocycles.